The van der Waals surface area contributed by atoms with Gasteiger partial charge in [0, 0.05) is 1.43 Å². The number of hydrogen-bond acceptors (Lipinski definition) is 0. The van der Waals surface area contributed by atoms with Crippen molar-refractivity contribution >= 4 is 0 Å². The molecule has 0 aliphatic heterocycles. The maximum Gasteiger partial charge on any atom is 0 e. The lowest BCUT2D eigenvalue weighted by Crippen LogP contribution is -2.22. The number of hydrogen-bond donors (Lipinski definition) is 0. The summed E-state index contributed by atoms with van der Waals surface area (Å²) in [4.78, 5) is 0. The Morgan fingerprint density at radius 2 is 0.688 bits per heavy atom. The van der Waals surface area contributed by atoms with Crippen LogP contribution in [0.25, 0.3) is 0 Å². The van der Waals surface area contributed by atoms with Gasteiger partial charge in [-0.25, -0.2) is 0 Å². The van der Waals surface area contributed by atoms with E-state index in [-0.39, 0.29) is 1.43 Å². The van der Waals surface area contributed by atoms with Gasteiger partial charge in [0.15, 0.2) is 0 Å². The zero-order valence-electron chi connectivity index (χ0n) is 12.8. The predicted molar refractivity (Wildman–Crippen MR) is 80.1 cm³/mol. The van der Waals surface area contributed by atoms with E-state index in [1.54, 1.807) is 25.7 Å². The lowest BCUT2D eigenvalue weighted by atomic mass is 9.71. The standard InChI is InChI=1S/C10H18.3C2H6.H2/c1-2-6-10-8-4-3-7-9(10)5-1;3*1-2;/h9-10H,1-8H2;3*1-2H3;1H. The van der Waals surface area contributed by atoms with Crippen LogP contribution in [0.3, 0.4) is 0 Å². The van der Waals surface area contributed by atoms with Crippen molar-refractivity contribution in [1.29, 1.82) is 0 Å². The summed E-state index contributed by atoms with van der Waals surface area (Å²) < 4.78 is 0. The molecular formula is C16H38. The summed E-state index contributed by atoms with van der Waals surface area (Å²) in [5.41, 5.74) is 0. The van der Waals surface area contributed by atoms with Gasteiger partial charge in [0.1, 0.15) is 0 Å². The molecule has 0 radical (unpaired) electrons. The third-order valence-corrected chi connectivity index (χ3v) is 3.47. The van der Waals surface area contributed by atoms with E-state index in [0.29, 0.717) is 0 Å². The summed E-state index contributed by atoms with van der Waals surface area (Å²) in [6.45, 7) is 12.0. The van der Waals surface area contributed by atoms with E-state index in [0.717, 1.165) is 11.8 Å². The van der Waals surface area contributed by atoms with Gasteiger partial charge < -0.3 is 0 Å². The van der Waals surface area contributed by atoms with Crippen molar-refractivity contribution in [3.63, 3.8) is 0 Å². The van der Waals surface area contributed by atoms with Crippen LogP contribution < -0.4 is 0 Å². The Kier molecular flexibility index (Phi) is 17.2. The smallest absolute Gasteiger partial charge is 0 e. The first-order chi connectivity index (χ1) is 7.97. The Balaban J connectivity index is -0.000000248. The minimum Gasteiger partial charge on any atom is -0.0683 e. The average molecular weight is 230 g/mol. The molecule has 0 nitrogen and oxygen atoms in total. The second kappa shape index (κ2) is 15.0. The Morgan fingerprint density at radius 1 is 0.500 bits per heavy atom. The predicted octanol–water partition coefficient (Wildman–Crippen LogP) is 6.69. The van der Waals surface area contributed by atoms with Crippen molar-refractivity contribution in [3.8, 4) is 0 Å². The lowest BCUT2D eigenvalue weighted by Gasteiger charge is -2.35. The van der Waals surface area contributed by atoms with Crippen LogP contribution in [0.15, 0.2) is 0 Å². The van der Waals surface area contributed by atoms with E-state index < -0.39 is 0 Å². The van der Waals surface area contributed by atoms with Crippen molar-refractivity contribution in [1.82, 2.24) is 0 Å². The van der Waals surface area contributed by atoms with E-state index in [1.165, 1.54) is 25.7 Å². The van der Waals surface area contributed by atoms with Gasteiger partial charge in [-0.15, -0.1) is 0 Å². The summed E-state index contributed by atoms with van der Waals surface area (Å²) in [6.07, 6.45) is 12.4. The first-order valence-corrected chi connectivity index (χ1v) is 7.97. The fourth-order valence-corrected chi connectivity index (χ4v) is 2.86. The minimum absolute atomic E-state index is 0. The Morgan fingerprint density at radius 3 is 0.875 bits per heavy atom. The van der Waals surface area contributed by atoms with Crippen LogP contribution in [0.2, 0.25) is 0 Å². The lowest BCUT2D eigenvalue weighted by molar-refractivity contribution is 0.171. The van der Waals surface area contributed by atoms with Gasteiger partial charge in [-0.05, 0) is 11.8 Å². The average Bonchev–Trinajstić information content (AvgIpc) is 2.45. The molecule has 0 atom stereocenters. The fourth-order valence-electron chi connectivity index (χ4n) is 2.86. The van der Waals surface area contributed by atoms with Gasteiger partial charge in [0.2, 0.25) is 0 Å². The molecular weight excluding hydrogens is 192 g/mol. The first-order valence-electron chi connectivity index (χ1n) is 7.97. The Labute approximate surface area is 107 Å². The summed E-state index contributed by atoms with van der Waals surface area (Å²) in [6, 6.07) is 0. The van der Waals surface area contributed by atoms with Crippen molar-refractivity contribution < 1.29 is 1.43 Å². The highest BCUT2D eigenvalue weighted by atomic mass is 14.3. The van der Waals surface area contributed by atoms with E-state index >= 15 is 0 Å². The summed E-state index contributed by atoms with van der Waals surface area (Å²) in [7, 11) is 0. The minimum atomic E-state index is 0. The van der Waals surface area contributed by atoms with Gasteiger partial charge in [0.05, 0.1) is 0 Å². The highest BCUT2D eigenvalue weighted by molar-refractivity contribution is 4.78. The van der Waals surface area contributed by atoms with Gasteiger partial charge in [-0.3, -0.25) is 0 Å². The summed E-state index contributed by atoms with van der Waals surface area (Å²) >= 11 is 0. The number of fused-ring (bicyclic) bond motifs is 1. The molecule has 2 rings (SSSR count). The molecule has 0 aromatic heterocycles. The van der Waals surface area contributed by atoms with E-state index in [1.807, 2.05) is 41.5 Å². The summed E-state index contributed by atoms with van der Waals surface area (Å²) in [5, 5.41) is 0. The Bertz CT molecular complexity index is 86.1. The molecule has 0 heterocycles. The largest absolute Gasteiger partial charge is 0.0683 e. The zero-order chi connectivity index (χ0) is 12.8. The maximum atomic E-state index is 2.00. The van der Waals surface area contributed by atoms with Crippen molar-refractivity contribution in [3.05, 3.63) is 0 Å². The first kappa shape index (κ1) is 18.4. The van der Waals surface area contributed by atoms with Gasteiger partial charge in [-0.1, -0.05) is 92.9 Å². The van der Waals surface area contributed by atoms with Crippen molar-refractivity contribution in [2.75, 3.05) is 0 Å². The topological polar surface area (TPSA) is 0 Å². The SMILES string of the molecule is C1CCC2CCCCC2C1.CC.CC.CC.[HH]. The normalized spacial score (nSPS) is 26.6. The molecule has 2 fully saturated rings. The van der Waals surface area contributed by atoms with E-state index in [4.69, 9.17) is 0 Å². The highest BCUT2D eigenvalue weighted by Crippen LogP contribution is 2.39. The molecule has 2 aliphatic rings. The molecule has 0 bridgehead atoms. The zero-order valence-corrected chi connectivity index (χ0v) is 12.8. The fraction of sp³-hybridized carbons (Fsp3) is 1.00. The van der Waals surface area contributed by atoms with Gasteiger partial charge in [-0.2, -0.15) is 0 Å². The molecule has 102 valence electrons. The van der Waals surface area contributed by atoms with Crippen LogP contribution in [-0.2, 0) is 0 Å². The third kappa shape index (κ3) is 7.30. The molecule has 0 N–H and O–H groups in total. The second-order valence-corrected chi connectivity index (χ2v) is 4.09. The molecule has 0 aromatic rings. The van der Waals surface area contributed by atoms with Crippen LogP contribution in [0.1, 0.15) is 94.3 Å². The van der Waals surface area contributed by atoms with Crippen molar-refractivity contribution in [2.45, 2.75) is 92.9 Å². The second-order valence-electron chi connectivity index (χ2n) is 4.09. The molecule has 16 heavy (non-hydrogen) atoms. The van der Waals surface area contributed by atoms with Crippen LogP contribution in [0, 0.1) is 11.8 Å². The van der Waals surface area contributed by atoms with Crippen LogP contribution in [0.5, 0.6) is 0 Å². The van der Waals surface area contributed by atoms with E-state index in [2.05, 4.69) is 0 Å². The van der Waals surface area contributed by atoms with Gasteiger partial charge in [0.25, 0.3) is 0 Å². The molecule has 2 saturated carbocycles. The molecule has 0 saturated heterocycles. The third-order valence-electron chi connectivity index (χ3n) is 3.47. The van der Waals surface area contributed by atoms with Gasteiger partial charge >= 0.3 is 0 Å². The molecule has 0 aromatic carbocycles. The highest BCUT2D eigenvalue weighted by Gasteiger charge is 2.26. The molecule has 0 heteroatoms. The van der Waals surface area contributed by atoms with Crippen LogP contribution in [-0.4, -0.2) is 0 Å². The molecule has 0 spiro atoms. The van der Waals surface area contributed by atoms with E-state index in [9.17, 15) is 0 Å². The molecule has 0 unspecified atom stereocenters. The van der Waals surface area contributed by atoms with Crippen molar-refractivity contribution in [2.24, 2.45) is 11.8 Å². The Hall–Kier alpha value is 0. The number of rotatable bonds is 0. The maximum absolute atomic E-state index is 2.00. The molecule has 2 aliphatic carbocycles. The van der Waals surface area contributed by atoms with Crippen LogP contribution >= 0.6 is 0 Å². The summed E-state index contributed by atoms with van der Waals surface area (Å²) in [5.74, 6) is 2.31. The quantitative estimate of drug-likeness (QED) is 0.435. The van der Waals surface area contributed by atoms with Crippen LogP contribution in [0.4, 0.5) is 0 Å². The monoisotopic (exact) mass is 230 g/mol. The molecule has 0 amide bonds.